The number of nitrogens with one attached hydrogen (secondary N) is 2. The first-order valence-electron chi connectivity index (χ1n) is 11.0. The van der Waals surface area contributed by atoms with Crippen LogP contribution in [0.5, 0.6) is 11.5 Å². The summed E-state index contributed by atoms with van der Waals surface area (Å²) in [7, 11) is 1.63. The van der Waals surface area contributed by atoms with Gasteiger partial charge in [0.1, 0.15) is 18.1 Å². The van der Waals surface area contributed by atoms with Crippen LogP contribution >= 0.6 is 0 Å². The minimum absolute atomic E-state index is 0.0195. The van der Waals surface area contributed by atoms with Gasteiger partial charge in [0.2, 0.25) is 5.91 Å². The lowest BCUT2D eigenvalue weighted by atomic mass is 9.92. The summed E-state index contributed by atoms with van der Waals surface area (Å²) in [5, 5.41) is 5.74. The van der Waals surface area contributed by atoms with Crippen LogP contribution in [0, 0.1) is 11.3 Å². The molecule has 2 aromatic carbocycles. The van der Waals surface area contributed by atoms with Crippen molar-refractivity contribution in [3.05, 3.63) is 48.0 Å². The number of methoxy groups -OCH3 is 1. The van der Waals surface area contributed by atoms with E-state index in [0.717, 1.165) is 11.3 Å². The fourth-order valence-electron chi connectivity index (χ4n) is 3.56. The van der Waals surface area contributed by atoms with E-state index in [9.17, 15) is 9.59 Å². The zero-order valence-corrected chi connectivity index (χ0v) is 19.5. The van der Waals surface area contributed by atoms with Gasteiger partial charge < -0.3 is 25.0 Å². The van der Waals surface area contributed by atoms with Crippen LogP contribution in [0.15, 0.2) is 42.5 Å². The van der Waals surface area contributed by atoms with Crippen molar-refractivity contribution in [2.75, 3.05) is 37.0 Å². The summed E-state index contributed by atoms with van der Waals surface area (Å²) in [6, 6.07) is 12.9. The minimum atomic E-state index is -0.625. The lowest BCUT2D eigenvalue weighted by molar-refractivity contribution is -0.127. The Morgan fingerprint density at radius 3 is 2.56 bits per heavy atom. The number of rotatable bonds is 7. The molecule has 1 heterocycles. The number of carbonyl (C=O) groups excluding carboxylic acids is 2. The van der Waals surface area contributed by atoms with Crippen LogP contribution in [0.2, 0.25) is 0 Å². The fraction of sp³-hybridized carbons (Fsp3) is 0.440. The van der Waals surface area contributed by atoms with Crippen molar-refractivity contribution in [2.45, 2.75) is 34.1 Å². The normalized spacial score (nSPS) is 14.9. The van der Waals surface area contributed by atoms with Crippen LogP contribution < -0.4 is 25.0 Å². The molecule has 0 aliphatic carbocycles. The number of urea groups is 1. The maximum Gasteiger partial charge on any atom is 0.319 e. The third-order valence-electron chi connectivity index (χ3n) is 5.33. The van der Waals surface area contributed by atoms with Crippen molar-refractivity contribution in [1.29, 1.82) is 0 Å². The lowest BCUT2D eigenvalue weighted by Crippen LogP contribution is -2.43. The van der Waals surface area contributed by atoms with Gasteiger partial charge in [0.05, 0.1) is 18.2 Å². The number of amides is 3. The van der Waals surface area contributed by atoms with E-state index in [1.54, 1.807) is 24.1 Å². The number of hydrogen-bond donors (Lipinski definition) is 2. The highest BCUT2D eigenvalue weighted by Crippen LogP contribution is 2.38. The van der Waals surface area contributed by atoms with E-state index < -0.39 is 5.41 Å². The largest absolute Gasteiger partial charge is 0.497 e. The first kappa shape index (κ1) is 23.4. The molecule has 1 aliphatic rings. The Morgan fingerprint density at radius 1 is 1.19 bits per heavy atom. The number of fused-ring (bicyclic) bond motifs is 1. The molecule has 7 nitrogen and oxygen atoms in total. The van der Waals surface area contributed by atoms with Gasteiger partial charge in [-0.15, -0.1) is 0 Å². The molecule has 32 heavy (non-hydrogen) atoms. The van der Waals surface area contributed by atoms with E-state index in [2.05, 4.69) is 24.5 Å². The average Bonchev–Trinajstić information content (AvgIpc) is 2.84. The number of nitrogens with zero attached hydrogens (tertiary/aromatic N) is 1. The van der Waals surface area contributed by atoms with Gasteiger partial charge in [0.25, 0.3) is 0 Å². The van der Waals surface area contributed by atoms with Crippen molar-refractivity contribution in [3.63, 3.8) is 0 Å². The molecule has 172 valence electrons. The van der Waals surface area contributed by atoms with Crippen molar-refractivity contribution in [1.82, 2.24) is 5.32 Å². The number of hydrogen-bond acceptors (Lipinski definition) is 4. The van der Waals surface area contributed by atoms with Crippen LogP contribution in [0.3, 0.4) is 0 Å². The summed E-state index contributed by atoms with van der Waals surface area (Å²) >= 11 is 0. The zero-order valence-electron chi connectivity index (χ0n) is 19.5. The quantitative estimate of drug-likeness (QED) is 0.667. The van der Waals surface area contributed by atoms with E-state index in [1.807, 2.05) is 44.2 Å². The summed E-state index contributed by atoms with van der Waals surface area (Å²) in [4.78, 5) is 27.3. The molecule has 0 atom stereocenters. The molecule has 0 bridgehead atoms. The van der Waals surface area contributed by atoms with Crippen molar-refractivity contribution >= 4 is 23.3 Å². The molecule has 0 unspecified atom stereocenters. The summed E-state index contributed by atoms with van der Waals surface area (Å²) in [6.07, 6.45) is 0.710. The molecule has 1 aliphatic heterocycles. The first-order chi connectivity index (χ1) is 15.2. The monoisotopic (exact) mass is 439 g/mol. The number of anilines is 2. The van der Waals surface area contributed by atoms with Crippen LogP contribution in [-0.2, 0) is 11.2 Å². The maximum atomic E-state index is 13.2. The second-order valence-electron chi connectivity index (χ2n) is 9.14. The van der Waals surface area contributed by atoms with E-state index in [-0.39, 0.29) is 11.9 Å². The minimum Gasteiger partial charge on any atom is -0.497 e. The van der Waals surface area contributed by atoms with Crippen LogP contribution in [-0.4, -0.2) is 38.7 Å². The Labute approximate surface area is 190 Å². The molecular formula is C25H33N3O4. The van der Waals surface area contributed by atoms with E-state index in [4.69, 9.17) is 9.47 Å². The molecule has 0 spiro atoms. The standard InChI is InChI=1S/C25H33N3O4/c1-17(2)15-28-21-14-19(8-11-22(21)32-16-25(3,4)23(28)29)27-24(30)26-13-12-18-6-9-20(31-5)10-7-18/h6-11,14,17H,12-13,15-16H2,1-5H3,(H2,26,27,30). The molecule has 0 fully saturated rings. The van der Waals surface area contributed by atoms with Gasteiger partial charge in [-0.1, -0.05) is 26.0 Å². The second kappa shape index (κ2) is 9.94. The van der Waals surface area contributed by atoms with Gasteiger partial charge in [-0.2, -0.15) is 0 Å². The molecule has 7 heteroatoms. The highest BCUT2D eigenvalue weighted by molar-refractivity contribution is 6.00. The van der Waals surface area contributed by atoms with E-state index in [0.29, 0.717) is 49.2 Å². The number of carbonyl (C=O) groups is 2. The summed E-state index contributed by atoms with van der Waals surface area (Å²) in [5.41, 5.74) is 1.78. The Hall–Kier alpha value is -3.22. The van der Waals surface area contributed by atoms with Gasteiger partial charge in [-0.25, -0.2) is 4.79 Å². The number of benzene rings is 2. The topological polar surface area (TPSA) is 79.9 Å². The highest BCUT2D eigenvalue weighted by Gasteiger charge is 2.38. The number of ether oxygens (including phenoxy) is 2. The molecule has 0 saturated carbocycles. The highest BCUT2D eigenvalue weighted by atomic mass is 16.5. The lowest BCUT2D eigenvalue weighted by Gasteiger charge is -2.29. The van der Waals surface area contributed by atoms with E-state index in [1.165, 1.54) is 0 Å². The Balaban J connectivity index is 1.66. The summed E-state index contributed by atoms with van der Waals surface area (Å²) in [6.45, 7) is 9.32. The second-order valence-corrected chi connectivity index (χ2v) is 9.14. The molecule has 3 amide bonds. The van der Waals surface area contributed by atoms with Gasteiger partial charge >= 0.3 is 6.03 Å². The molecule has 2 N–H and O–H groups in total. The predicted octanol–water partition coefficient (Wildman–Crippen LogP) is 4.47. The van der Waals surface area contributed by atoms with Gasteiger partial charge in [0, 0.05) is 18.8 Å². The Morgan fingerprint density at radius 2 is 1.91 bits per heavy atom. The van der Waals surface area contributed by atoms with Crippen LogP contribution in [0.25, 0.3) is 0 Å². The molecule has 0 saturated heterocycles. The first-order valence-corrected chi connectivity index (χ1v) is 11.0. The predicted molar refractivity (Wildman–Crippen MR) is 127 cm³/mol. The van der Waals surface area contributed by atoms with Gasteiger partial charge in [-0.05, 0) is 62.1 Å². The third kappa shape index (κ3) is 5.72. The van der Waals surface area contributed by atoms with Crippen LogP contribution in [0.4, 0.5) is 16.2 Å². The third-order valence-corrected chi connectivity index (χ3v) is 5.33. The van der Waals surface area contributed by atoms with Gasteiger partial charge in [-0.3, -0.25) is 4.79 Å². The maximum absolute atomic E-state index is 13.2. The Bertz CT molecular complexity index is 954. The molecule has 0 aromatic heterocycles. The van der Waals surface area contributed by atoms with Crippen LogP contribution in [0.1, 0.15) is 33.3 Å². The van der Waals surface area contributed by atoms with Crippen molar-refractivity contribution in [2.24, 2.45) is 11.3 Å². The van der Waals surface area contributed by atoms with Crippen molar-refractivity contribution in [3.8, 4) is 11.5 Å². The summed E-state index contributed by atoms with van der Waals surface area (Å²) in [5.74, 6) is 1.76. The Kier molecular flexibility index (Phi) is 7.28. The summed E-state index contributed by atoms with van der Waals surface area (Å²) < 4.78 is 11.1. The smallest absolute Gasteiger partial charge is 0.319 e. The molecule has 0 radical (unpaired) electrons. The van der Waals surface area contributed by atoms with Crippen molar-refractivity contribution < 1.29 is 19.1 Å². The average molecular weight is 440 g/mol. The SMILES string of the molecule is COc1ccc(CCNC(=O)Nc2ccc3c(c2)N(CC(C)C)C(=O)C(C)(C)CO3)cc1. The molecule has 3 rings (SSSR count). The van der Waals surface area contributed by atoms with E-state index >= 15 is 0 Å². The molecular weight excluding hydrogens is 406 g/mol. The fourth-order valence-corrected chi connectivity index (χ4v) is 3.56. The van der Waals surface area contributed by atoms with Gasteiger partial charge in [0.15, 0.2) is 0 Å². The zero-order chi connectivity index (χ0) is 23.3. The molecule has 2 aromatic rings.